The fourth-order valence-corrected chi connectivity index (χ4v) is 4.50. The second-order valence-electron chi connectivity index (χ2n) is 7.21. The average Bonchev–Trinajstić information content (AvgIpc) is 3.25. The zero-order valence-corrected chi connectivity index (χ0v) is 18.2. The molecule has 8 heteroatoms. The maximum Gasteiger partial charge on any atom is 0.247 e. The Labute approximate surface area is 173 Å². The molecule has 0 radical (unpaired) electrons. The molecule has 2 aromatic heterocycles. The van der Waals surface area contributed by atoms with E-state index in [1.165, 1.54) is 22.9 Å². The standard InChI is InChI=1S/C20H22N6S2/c1-7-26(14-11-9-8-10-12-14)19-22-16(20(3,4)5)18(27-19)24-23-17-15(21-6)13(2)25-28-17/h8-12H,7H2,1-5H3. The normalized spacial score (nSPS) is 11.7. The Bertz CT molecular complexity index is 1020. The fraction of sp³-hybridized carbons (Fsp3) is 0.350. The van der Waals surface area contributed by atoms with Gasteiger partial charge in [-0.15, -0.1) is 10.2 Å². The van der Waals surface area contributed by atoms with E-state index < -0.39 is 0 Å². The third kappa shape index (κ3) is 4.11. The van der Waals surface area contributed by atoms with E-state index in [0.717, 1.165) is 28.1 Å². The van der Waals surface area contributed by atoms with E-state index in [2.05, 4.69) is 64.2 Å². The summed E-state index contributed by atoms with van der Waals surface area (Å²) >= 11 is 2.71. The number of para-hydroxylation sites is 1. The quantitative estimate of drug-likeness (QED) is 0.327. The van der Waals surface area contributed by atoms with Gasteiger partial charge in [0.25, 0.3) is 0 Å². The van der Waals surface area contributed by atoms with Crippen molar-refractivity contribution in [2.75, 3.05) is 11.4 Å². The zero-order valence-electron chi connectivity index (χ0n) is 16.6. The second-order valence-corrected chi connectivity index (χ2v) is 8.92. The Hall–Kier alpha value is -2.63. The Morgan fingerprint density at radius 1 is 1.14 bits per heavy atom. The molecule has 0 aliphatic carbocycles. The summed E-state index contributed by atoms with van der Waals surface area (Å²) in [5.74, 6) is 0. The van der Waals surface area contributed by atoms with Gasteiger partial charge in [-0.05, 0) is 37.5 Å². The molecule has 28 heavy (non-hydrogen) atoms. The maximum absolute atomic E-state index is 7.32. The summed E-state index contributed by atoms with van der Waals surface area (Å²) in [5, 5.41) is 11.0. The van der Waals surface area contributed by atoms with Gasteiger partial charge in [0, 0.05) is 17.6 Å². The van der Waals surface area contributed by atoms with Crippen LogP contribution in [0.15, 0.2) is 40.6 Å². The molecule has 0 saturated heterocycles. The molecule has 0 unspecified atom stereocenters. The lowest BCUT2D eigenvalue weighted by molar-refractivity contribution is 0.573. The van der Waals surface area contributed by atoms with E-state index in [9.17, 15) is 0 Å². The van der Waals surface area contributed by atoms with E-state index in [1.54, 1.807) is 0 Å². The summed E-state index contributed by atoms with van der Waals surface area (Å²) < 4.78 is 4.21. The van der Waals surface area contributed by atoms with Crippen molar-refractivity contribution in [3.63, 3.8) is 0 Å². The van der Waals surface area contributed by atoms with Gasteiger partial charge in [0.15, 0.2) is 15.1 Å². The molecule has 0 spiro atoms. The van der Waals surface area contributed by atoms with Gasteiger partial charge in [-0.2, -0.15) is 0 Å². The van der Waals surface area contributed by atoms with Crippen molar-refractivity contribution in [3.05, 3.63) is 53.1 Å². The number of hydrogen-bond acceptors (Lipinski definition) is 7. The van der Waals surface area contributed by atoms with Crippen molar-refractivity contribution in [1.29, 1.82) is 0 Å². The van der Waals surface area contributed by atoms with Crippen LogP contribution < -0.4 is 4.90 Å². The average molecular weight is 411 g/mol. The first-order valence-corrected chi connectivity index (χ1v) is 10.5. The van der Waals surface area contributed by atoms with Gasteiger partial charge in [-0.25, -0.2) is 14.2 Å². The van der Waals surface area contributed by atoms with Gasteiger partial charge < -0.3 is 4.90 Å². The number of aryl methyl sites for hydroxylation is 1. The molecule has 0 saturated carbocycles. The van der Waals surface area contributed by atoms with Gasteiger partial charge in [0.05, 0.1) is 18.0 Å². The van der Waals surface area contributed by atoms with Crippen molar-refractivity contribution in [2.45, 2.75) is 40.0 Å². The van der Waals surface area contributed by atoms with Crippen LogP contribution in [0.5, 0.6) is 0 Å². The minimum atomic E-state index is -0.175. The summed E-state index contributed by atoms with van der Waals surface area (Å²) in [6.45, 7) is 18.4. The van der Waals surface area contributed by atoms with Crippen molar-refractivity contribution in [1.82, 2.24) is 9.36 Å². The first-order chi connectivity index (χ1) is 13.3. The molecule has 3 rings (SSSR count). The van der Waals surface area contributed by atoms with Gasteiger partial charge in [-0.3, -0.25) is 0 Å². The largest absolute Gasteiger partial charge is 0.318 e. The number of rotatable bonds is 5. The number of azo groups is 1. The molecule has 0 atom stereocenters. The topological polar surface area (TPSA) is 58.1 Å². The van der Waals surface area contributed by atoms with Gasteiger partial charge in [0.1, 0.15) is 0 Å². The van der Waals surface area contributed by atoms with Crippen LogP contribution in [-0.4, -0.2) is 15.9 Å². The molecular weight excluding hydrogens is 388 g/mol. The van der Waals surface area contributed by atoms with Crippen LogP contribution in [0.3, 0.4) is 0 Å². The van der Waals surface area contributed by atoms with E-state index in [-0.39, 0.29) is 5.41 Å². The lowest BCUT2D eigenvalue weighted by Gasteiger charge is -2.20. The molecule has 6 nitrogen and oxygen atoms in total. The van der Waals surface area contributed by atoms with Gasteiger partial charge >= 0.3 is 0 Å². The van der Waals surface area contributed by atoms with E-state index in [4.69, 9.17) is 11.6 Å². The minimum Gasteiger partial charge on any atom is -0.318 e. The maximum atomic E-state index is 7.32. The molecule has 0 bridgehead atoms. The van der Waals surface area contributed by atoms with E-state index >= 15 is 0 Å². The molecule has 0 fully saturated rings. The second kappa shape index (κ2) is 8.17. The first kappa shape index (κ1) is 20.1. The number of nitrogens with zero attached hydrogens (tertiary/aromatic N) is 6. The highest BCUT2D eigenvalue weighted by molar-refractivity contribution is 7.19. The smallest absolute Gasteiger partial charge is 0.247 e. The summed E-state index contributed by atoms with van der Waals surface area (Å²) in [6, 6.07) is 10.2. The molecular formula is C20H22N6S2. The predicted molar refractivity (Wildman–Crippen MR) is 117 cm³/mol. The molecule has 2 heterocycles. The first-order valence-electron chi connectivity index (χ1n) is 8.94. The number of anilines is 2. The minimum absolute atomic E-state index is 0.175. The predicted octanol–water partition coefficient (Wildman–Crippen LogP) is 7.33. The molecule has 1 aromatic carbocycles. The van der Waals surface area contributed by atoms with E-state index in [0.29, 0.717) is 16.4 Å². The summed E-state index contributed by atoms with van der Waals surface area (Å²) in [7, 11) is 0. The molecule has 0 N–H and O–H groups in total. The Balaban J connectivity index is 2.03. The SMILES string of the molecule is [C-]#[N+]c1c(C)nsc1N=Nc1sc(N(CC)c2ccccc2)nc1C(C)(C)C. The summed E-state index contributed by atoms with van der Waals surface area (Å²) in [6.07, 6.45) is 0. The molecule has 144 valence electrons. The van der Waals surface area contributed by atoms with Crippen molar-refractivity contribution >= 4 is 49.4 Å². The van der Waals surface area contributed by atoms with Crippen LogP contribution in [-0.2, 0) is 5.41 Å². The lowest BCUT2D eigenvalue weighted by Crippen LogP contribution is -2.17. The molecule has 3 aromatic rings. The number of benzene rings is 1. The third-order valence-electron chi connectivity index (χ3n) is 4.08. The van der Waals surface area contributed by atoms with Crippen LogP contribution in [0.25, 0.3) is 4.85 Å². The van der Waals surface area contributed by atoms with Gasteiger partial charge in [0.2, 0.25) is 5.69 Å². The summed E-state index contributed by atoms with van der Waals surface area (Å²) in [4.78, 5) is 10.6. The highest BCUT2D eigenvalue weighted by Crippen LogP contribution is 2.43. The van der Waals surface area contributed by atoms with Crippen molar-refractivity contribution < 1.29 is 0 Å². The van der Waals surface area contributed by atoms with Crippen LogP contribution in [0, 0.1) is 13.5 Å². The van der Waals surface area contributed by atoms with Crippen LogP contribution in [0.4, 0.5) is 26.5 Å². The Morgan fingerprint density at radius 2 is 1.82 bits per heavy atom. The summed E-state index contributed by atoms with van der Waals surface area (Å²) in [5.41, 5.74) is 2.98. The third-order valence-corrected chi connectivity index (χ3v) is 5.86. The fourth-order valence-electron chi connectivity index (χ4n) is 2.65. The molecule has 0 amide bonds. The Morgan fingerprint density at radius 3 is 2.43 bits per heavy atom. The number of aromatic nitrogens is 2. The highest BCUT2D eigenvalue weighted by Gasteiger charge is 2.26. The van der Waals surface area contributed by atoms with E-state index in [1.807, 2.05) is 25.1 Å². The highest BCUT2D eigenvalue weighted by atomic mass is 32.1. The van der Waals surface area contributed by atoms with Crippen LogP contribution >= 0.6 is 22.9 Å². The number of hydrogen-bond donors (Lipinski definition) is 0. The van der Waals surface area contributed by atoms with Crippen LogP contribution in [0.2, 0.25) is 0 Å². The van der Waals surface area contributed by atoms with Gasteiger partial charge in [-0.1, -0.05) is 50.3 Å². The van der Waals surface area contributed by atoms with Crippen molar-refractivity contribution in [2.24, 2.45) is 10.2 Å². The zero-order chi connectivity index (χ0) is 20.3. The monoisotopic (exact) mass is 410 g/mol. The van der Waals surface area contributed by atoms with Crippen molar-refractivity contribution in [3.8, 4) is 0 Å². The van der Waals surface area contributed by atoms with Crippen LogP contribution in [0.1, 0.15) is 39.1 Å². The number of thiazole rings is 1. The Kier molecular flexibility index (Phi) is 5.87. The molecule has 0 aliphatic rings. The molecule has 0 aliphatic heterocycles. The lowest BCUT2D eigenvalue weighted by atomic mass is 9.93.